The Bertz CT molecular complexity index is 451. The van der Waals surface area contributed by atoms with Gasteiger partial charge in [0.2, 0.25) is 0 Å². The number of hydrogen-bond donors (Lipinski definition) is 1. The molecular formula is C14H19ClF3NO. The molecule has 0 aliphatic carbocycles. The first kappa shape index (κ1) is 17.1. The summed E-state index contributed by atoms with van der Waals surface area (Å²) in [6, 6.07) is 3.81. The highest BCUT2D eigenvalue weighted by molar-refractivity contribution is 5.85. The predicted molar refractivity (Wildman–Crippen MR) is 74.6 cm³/mol. The molecule has 1 N–H and O–H groups in total. The van der Waals surface area contributed by atoms with Gasteiger partial charge in [-0.25, -0.2) is 0 Å². The number of ether oxygens (including phenoxy) is 1. The first-order valence-electron chi connectivity index (χ1n) is 6.39. The molecule has 1 aromatic rings. The molecular weight excluding hydrogens is 291 g/mol. The summed E-state index contributed by atoms with van der Waals surface area (Å²) in [6.45, 7) is 3.88. The molecule has 2 atom stereocenters. The fourth-order valence-electron chi connectivity index (χ4n) is 2.67. The van der Waals surface area contributed by atoms with E-state index in [1.807, 2.05) is 0 Å². The molecule has 1 aromatic carbocycles. The van der Waals surface area contributed by atoms with Crippen LogP contribution in [0.2, 0.25) is 0 Å². The smallest absolute Gasteiger partial charge is 0.416 e. The van der Waals surface area contributed by atoms with Gasteiger partial charge in [-0.2, -0.15) is 13.2 Å². The average molecular weight is 310 g/mol. The molecule has 0 unspecified atom stereocenters. The van der Waals surface area contributed by atoms with Crippen molar-refractivity contribution in [2.75, 3.05) is 20.2 Å². The maximum Gasteiger partial charge on any atom is 0.416 e. The summed E-state index contributed by atoms with van der Waals surface area (Å²) in [5.41, 5.74) is 0.221. The summed E-state index contributed by atoms with van der Waals surface area (Å²) in [5, 5.41) is 3.29. The lowest BCUT2D eigenvalue weighted by Gasteiger charge is -2.31. The fourth-order valence-corrected chi connectivity index (χ4v) is 2.67. The van der Waals surface area contributed by atoms with Gasteiger partial charge in [0.15, 0.2) is 0 Å². The van der Waals surface area contributed by atoms with Crippen LogP contribution in [0.3, 0.4) is 0 Å². The van der Waals surface area contributed by atoms with E-state index in [0.29, 0.717) is 11.7 Å². The summed E-state index contributed by atoms with van der Waals surface area (Å²) < 4.78 is 43.2. The van der Waals surface area contributed by atoms with Gasteiger partial charge in [-0.05, 0) is 49.0 Å². The number of methoxy groups -OCH3 is 1. The van der Waals surface area contributed by atoms with E-state index in [9.17, 15) is 13.2 Å². The predicted octanol–water partition coefficient (Wildman–Crippen LogP) is 3.85. The highest BCUT2D eigenvalue weighted by Gasteiger charge is 2.33. The third-order valence-electron chi connectivity index (χ3n) is 3.75. The topological polar surface area (TPSA) is 21.3 Å². The Morgan fingerprint density at radius 1 is 1.30 bits per heavy atom. The van der Waals surface area contributed by atoms with Crippen molar-refractivity contribution in [3.05, 3.63) is 29.3 Å². The standard InChI is InChI=1S/C14H18F3NO.ClH/c1-9-8-18-6-5-11(9)12-4-3-10(14(15,16)17)7-13(12)19-2;/h3-4,7,9,11,18H,5-6,8H2,1-2H3;1H/t9-,11+;/m0./s1. The molecule has 6 heteroatoms. The molecule has 0 saturated carbocycles. The minimum absolute atomic E-state index is 0. The Hall–Kier alpha value is -0.940. The Labute approximate surface area is 123 Å². The van der Waals surface area contributed by atoms with E-state index in [2.05, 4.69) is 12.2 Å². The van der Waals surface area contributed by atoms with Crippen molar-refractivity contribution < 1.29 is 17.9 Å². The second-order valence-corrected chi connectivity index (χ2v) is 5.03. The minimum Gasteiger partial charge on any atom is -0.496 e. The minimum atomic E-state index is -4.33. The monoisotopic (exact) mass is 309 g/mol. The molecule has 114 valence electrons. The van der Waals surface area contributed by atoms with Gasteiger partial charge < -0.3 is 10.1 Å². The van der Waals surface area contributed by atoms with Gasteiger partial charge in [0.25, 0.3) is 0 Å². The van der Waals surface area contributed by atoms with E-state index >= 15 is 0 Å². The zero-order chi connectivity index (χ0) is 14.0. The summed E-state index contributed by atoms with van der Waals surface area (Å²) >= 11 is 0. The van der Waals surface area contributed by atoms with Crippen LogP contribution in [0.5, 0.6) is 5.75 Å². The highest BCUT2D eigenvalue weighted by Crippen LogP contribution is 2.39. The van der Waals surface area contributed by atoms with Crippen LogP contribution in [0.25, 0.3) is 0 Å². The molecule has 0 amide bonds. The van der Waals surface area contributed by atoms with Crippen LogP contribution in [-0.2, 0) is 6.18 Å². The molecule has 1 fully saturated rings. The molecule has 2 rings (SSSR count). The number of nitrogens with one attached hydrogen (secondary N) is 1. The van der Waals surface area contributed by atoms with Crippen LogP contribution in [0, 0.1) is 5.92 Å². The molecule has 0 bridgehead atoms. The largest absolute Gasteiger partial charge is 0.496 e. The Morgan fingerprint density at radius 2 is 2.00 bits per heavy atom. The van der Waals surface area contributed by atoms with Crippen LogP contribution in [0.15, 0.2) is 18.2 Å². The van der Waals surface area contributed by atoms with Gasteiger partial charge in [-0.3, -0.25) is 0 Å². The van der Waals surface area contributed by atoms with E-state index in [1.54, 1.807) is 6.07 Å². The average Bonchev–Trinajstić information content (AvgIpc) is 2.37. The van der Waals surface area contributed by atoms with E-state index in [-0.39, 0.29) is 18.3 Å². The molecule has 1 aliphatic heterocycles. The Kier molecular flexibility index (Phi) is 5.71. The van der Waals surface area contributed by atoms with Crippen molar-refractivity contribution in [1.82, 2.24) is 5.32 Å². The Morgan fingerprint density at radius 3 is 2.55 bits per heavy atom. The number of piperidine rings is 1. The number of alkyl halides is 3. The van der Waals surface area contributed by atoms with E-state index < -0.39 is 11.7 Å². The Balaban J connectivity index is 0.00000200. The first-order chi connectivity index (χ1) is 8.93. The van der Waals surface area contributed by atoms with Gasteiger partial charge in [0, 0.05) is 0 Å². The van der Waals surface area contributed by atoms with Crippen LogP contribution >= 0.6 is 12.4 Å². The first-order valence-corrected chi connectivity index (χ1v) is 6.39. The lowest BCUT2D eigenvalue weighted by Crippen LogP contribution is -2.33. The van der Waals surface area contributed by atoms with E-state index in [0.717, 1.165) is 37.2 Å². The van der Waals surface area contributed by atoms with Crippen molar-refractivity contribution in [1.29, 1.82) is 0 Å². The number of rotatable bonds is 2. The lowest BCUT2D eigenvalue weighted by molar-refractivity contribution is -0.137. The molecule has 1 heterocycles. The van der Waals surface area contributed by atoms with Gasteiger partial charge in [0.05, 0.1) is 12.7 Å². The van der Waals surface area contributed by atoms with E-state index in [4.69, 9.17) is 4.74 Å². The van der Waals surface area contributed by atoms with Crippen molar-refractivity contribution in [2.24, 2.45) is 5.92 Å². The van der Waals surface area contributed by atoms with Crippen LogP contribution < -0.4 is 10.1 Å². The van der Waals surface area contributed by atoms with Gasteiger partial charge >= 0.3 is 6.18 Å². The number of benzene rings is 1. The molecule has 1 saturated heterocycles. The van der Waals surface area contributed by atoms with Crippen LogP contribution in [0.4, 0.5) is 13.2 Å². The normalized spacial score (nSPS) is 23.1. The zero-order valence-electron chi connectivity index (χ0n) is 11.5. The van der Waals surface area contributed by atoms with Crippen molar-refractivity contribution in [2.45, 2.75) is 25.4 Å². The third-order valence-corrected chi connectivity index (χ3v) is 3.75. The molecule has 0 spiro atoms. The molecule has 0 radical (unpaired) electrons. The van der Waals surface area contributed by atoms with Gasteiger partial charge in [-0.1, -0.05) is 13.0 Å². The lowest BCUT2D eigenvalue weighted by atomic mass is 9.81. The van der Waals surface area contributed by atoms with Crippen LogP contribution in [0.1, 0.15) is 30.4 Å². The molecule has 1 aliphatic rings. The van der Waals surface area contributed by atoms with Crippen LogP contribution in [-0.4, -0.2) is 20.2 Å². The van der Waals surface area contributed by atoms with Crippen molar-refractivity contribution >= 4 is 12.4 Å². The fraction of sp³-hybridized carbons (Fsp3) is 0.571. The summed E-state index contributed by atoms with van der Waals surface area (Å²) in [6.07, 6.45) is -3.41. The molecule has 20 heavy (non-hydrogen) atoms. The second-order valence-electron chi connectivity index (χ2n) is 5.03. The summed E-state index contributed by atoms with van der Waals surface area (Å²) in [4.78, 5) is 0. The molecule has 0 aromatic heterocycles. The van der Waals surface area contributed by atoms with Gasteiger partial charge in [0.1, 0.15) is 5.75 Å². The second kappa shape index (κ2) is 6.68. The zero-order valence-corrected chi connectivity index (χ0v) is 12.3. The SMILES string of the molecule is COc1cc(C(F)(F)F)ccc1[C@@H]1CCNC[C@@H]1C.Cl. The highest BCUT2D eigenvalue weighted by atomic mass is 35.5. The third kappa shape index (κ3) is 3.58. The maximum atomic E-state index is 12.7. The van der Waals surface area contributed by atoms with Crippen molar-refractivity contribution in [3.8, 4) is 5.75 Å². The molecule has 2 nitrogen and oxygen atoms in total. The summed E-state index contributed by atoms with van der Waals surface area (Å²) in [7, 11) is 1.42. The van der Waals surface area contributed by atoms with Gasteiger partial charge in [-0.15, -0.1) is 12.4 Å². The maximum absolute atomic E-state index is 12.7. The quantitative estimate of drug-likeness (QED) is 0.896. The summed E-state index contributed by atoms with van der Waals surface area (Å²) in [5.74, 6) is 0.978. The van der Waals surface area contributed by atoms with E-state index in [1.165, 1.54) is 7.11 Å². The number of hydrogen-bond acceptors (Lipinski definition) is 2. The van der Waals surface area contributed by atoms with Crippen molar-refractivity contribution in [3.63, 3.8) is 0 Å². The number of halogens is 4.